The molecule has 1 N–H and O–H groups in total. The smallest absolute Gasteiger partial charge is 0.349 e. The van der Waals surface area contributed by atoms with E-state index in [0.717, 1.165) is 16.6 Å². The lowest BCUT2D eigenvalue weighted by molar-refractivity contribution is -0.185. The first-order chi connectivity index (χ1) is 15.3. The maximum absolute atomic E-state index is 12.8. The SMILES string of the molecule is CN(C)C(=O)C(CC(=O)OF)Cc1ccc(C(=O)N(C)Cc2nc3ccccc3[nH]2)cc1. The van der Waals surface area contributed by atoms with Gasteiger partial charge >= 0.3 is 5.97 Å². The maximum atomic E-state index is 12.8. The van der Waals surface area contributed by atoms with Crippen LogP contribution in [0.1, 0.15) is 28.2 Å². The highest BCUT2D eigenvalue weighted by molar-refractivity contribution is 5.94. The molecule has 3 aromatic rings. The number of fused-ring (bicyclic) bond motifs is 1. The number of carbonyl (C=O) groups is 3. The van der Waals surface area contributed by atoms with Crippen molar-refractivity contribution in [3.63, 3.8) is 0 Å². The van der Waals surface area contributed by atoms with Gasteiger partial charge in [-0.3, -0.25) is 14.5 Å². The number of carbonyl (C=O) groups excluding carboxylic acids is 3. The van der Waals surface area contributed by atoms with Crippen molar-refractivity contribution in [2.24, 2.45) is 5.92 Å². The second-order valence-corrected chi connectivity index (χ2v) is 7.85. The summed E-state index contributed by atoms with van der Waals surface area (Å²) >= 11 is 0. The molecular weight excluding hydrogens is 415 g/mol. The van der Waals surface area contributed by atoms with Crippen molar-refractivity contribution in [2.45, 2.75) is 19.4 Å². The van der Waals surface area contributed by atoms with Crippen LogP contribution in [0, 0.1) is 5.92 Å². The van der Waals surface area contributed by atoms with E-state index in [0.29, 0.717) is 17.9 Å². The monoisotopic (exact) mass is 440 g/mol. The number of benzene rings is 2. The van der Waals surface area contributed by atoms with Crippen LogP contribution in [-0.4, -0.2) is 58.7 Å². The van der Waals surface area contributed by atoms with Crippen LogP contribution in [0.3, 0.4) is 0 Å². The number of nitrogens with one attached hydrogen (secondary N) is 1. The molecule has 0 saturated carbocycles. The van der Waals surface area contributed by atoms with Gasteiger partial charge in [0.05, 0.1) is 29.9 Å². The molecule has 9 heteroatoms. The molecule has 0 aliphatic heterocycles. The Bertz CT molecular complexity index is 1080. The van der Waals surface area contributed by atoms with E-state index in [-0.39, 0.29) is 24.7 Å². The van der Waals surface area contributed by atoms with Crippen LogP contribution in [-0.2, 0) is 27.5 Å². The van der Waals surface area contributed by atoms with E-state index in [1.807, 2.05) is 24.3 Å². The Labute approximate surface area is 184 Å². The van der Waals surface area contributed by atoms with Crippen LogP contribution in [0.4, 0.5) is 4.53 Å². The molecule has 1 unspecified atom stereocenters. The third-order valence-electron chi connectivity index (χ3n) is 5.14. The molecule has 1 aromatic heterocycles. The Morgan fingerprint density at radius 2 is 1.75 bits per heavy atom. The number of imidazole rings is 1. The van der Waals surface area contributed by atoms with Gasteiger partial charge in [0.1, 0.15) is 5.82 Å². The number of hydrogen-bond donors (Lipinski definition) is 1. The fourth-order valence-electron chi connectivity index (χ4n) is 3.51. The summed E-state index contributed by atoms with van der Waals surface area (Å²) in [5.74, 6) is -1.65. The van der Waals surface area contributed by atoms with Crippen LogP contribution in [0.25, 0.3) is 11.0 Å². The Balaban J connectivity index is 1.66. The normalized spacial score (nSPS) is 11.8. The third kappa shape index (κ3) is 5.48. The van der Waals surface area contributed by atoms with Gasteiger partial charge in [0.15, 0.2) is 0 Å². The zero-order valence-electron chi connectivity index (χ0n) is 18.2. The number of para-hydroxylation sites is 2. The van der Waals surface area contributed by atoms with E-state index in [1.165, 1.54) is 4.90 Å². The van der Waals surface area contributed by atoms with Crippen molar-refractivity contribution in [1.29, 1.82) is 0 Å². The van der Waals surface area contributed by atoms with Crippen molar-refractivity contribution >= 4 is 28.8 Å². The Kier molecular flexibility index (Phi) is 7.19. The molecule has 0 aliphatic rings. The number of halogens is 1. The van der Waals surface area contributed by atoms with E-state index in [2.05, 4.69) is 14.9 Å². The summed E-state index contributed by atoms with van der Waals surface area (Å²) in [7, 11) is 4.82. The van der Waals surface area contributed by atoms with Crippen LogP contribution in [0.15, 0.2) is 48.5 Å². The predicted molar refractivity (Wildman–Crippen MR) is 116 cm³/mol. The summed E-state index contributed by atoms with van der Waals surface area (Å²) in [5, 5.41) is 0. The fourth-order valence-corrected chi connectivity index (χ4v) is 3.51. The lowest BCUT2D eigenvalue weighted by Gasteiger charge is -2.19. The molecule has 168 valence electrons. The van der Waals surface area contributed by atoms with Crippen LogP contribution < -0.4 is 0 Å². The fraction of sp³-hybridized carbons (Fsp3) is 0.304. The summed E-state index contributed by atoms with van der Waals surface area (Å²) in [6, 6.07) is 14.4. The van der Waals surface area contributed by atoms with Gasteiger partial charge in [-0.15, -0.1) is 0 Å². The quantitative estimate of drug-likeness (QED) is 0.581. The molecule has 2 aromatic carbocycles. The van der Waals surface area contributed by atoms with E-state index >= 15 is 0 Å². The highest BCUT2D eigenvalue weighted by Crippen LogP contribution is 2.18. The molecule has 2 amide bonds. The summed E-state index contributed by atoms with van der Waals surface area (Å²) in [6.45, 7) is 0.319. The highest BCUT2D eigenvalue weighted by atomic mass is 19.3. The summed E-state index contributed by atoms with van der Waals surface area (Å²) < 4.78 is 12.2. The molecule has 0 fully saturated rings. The maximum Gasteiger partial charge on any atom is 0.349 e. The average molecular weight is 440 g/mol. The number of amides is 2. The number of hydrogen-bond acceptors (Lipinski definition) is 5. The second kappa shape index (κ2) is 10.0. The average Bonchev–Trinajstić information content (AvgIpc) is 3.20. The Morgan fingerprint density at radius 1 is 1.06 bits per heavy atom. The van der Waals surface area contributed by atoms with Crippen LogP contribution in [0.2, 0.25) is 0 Å². The van der Waals surface area contributed by atoms with Gasteiger partial charge in [0.2, 0.25) is 5.91 Å². The van der Waals surface area contributed by atoms with Gasteiger partial charge in [0.25, 0.3) is 5.91 Å². The van der Waals surface area contributed by atoms with E-state index in [9.17, 15) is 18.9 Å². The van der Waals surface area contributed by atoms with Crippen molar-refractivity contribution < 1.29 is 23.9 Å². The lowest BCUT2D eigenvalue weighted by atomic mass is 9.94. The lowest BCUT2D eigenvalue weighted by Crippen LogP contribution is -2.32. The van der Waals surface area contributed by atoms with Crippen LogP contribution >= 0.6 is 0 Å². The second-order valence-electron chi connectivity index (χ2n) is 7.85. The zero-order valence-corrected chi connectivity index (χ0v) is 18.2. The van der Waals surface area contributed by atoms with Gasteiger partial charge in [-0.05, 0) is 36.2 Å². The minimum atomic E-state index is -1.09. The van der Waals surface area contributed by atoms with Crippen molar-refractivity contribution in [3.8, 4) is 0 Å². The van der Waals surface area contributed by atoms with Crippen LogP contribution in [0.5, 0.6) is 0 Å². The van der Waals surface area contributed by atoms with E-state index in [4.69, 9.17) is 0 Å². The molecule has 32 heavy (non-hydrogen) atoms. The molecular formula is C23H25FN4O4. The molecule has 3 rings (SSSR count). The molecule has 1 atom stereocenters. The number of aromatic amines is 1. The van der Waals surface area contributed by atoms with Crippen molar-refractivity contribution in [2.75, 3.05) is 21.1 Å². The number of nitrogens with zero attached hydrogens (tertiary/aromatic N) is 3. The van der Waals surface area contributed by atoms with Gasteiger partial charge in [-0.25, -0.2) is 9.78 Å². The van der Waals surface area contributed by atoms with E-state index in [1.54, 1.807) is 50.3 Å². The van der Waals surface area contributed by atoms with Crippen molar-refractivity contribution in [1.82, 2.24) is 19.8 Å². The van der Waals surface area contributed by atoms with Gasteiger partial charge in [-0.1, -0.05) is 24.3 Å². The molecule has 8 nitrogen and oxygen atoms in total. The molecule has 1 heterocycles. The molecule has 0 spiro atoms. The van der Waals surface area contributed by atoms with Gasteiger partial charge in [0, 0.05) is 31.2 Å². The first-order valence-corrected chi connectivity index (χ1v) is 10.1. The minimum Gasteiger partial charge on any atom is -0.349 e. The first kappa shape index (κ1) is 22.9. The topological polar surface area (TPSA) is 95.6 Å². The third-order valence-corrected chi connectivity index (χ3v) is 5.14. The largest absolute Gasteiger partial charge is 0.349 e. The zero-order chi connectivity index (χ0) is 23.3. The minimum absolute atomic E-state index is 0.182. The molecule has 0 aliphatic carbocycles. The highest BCUT2D eigenvalue weighted by Gasteiger charge is 2.25. The Morgan fingerprint density at radius 3 is 2.38 bits per heavy atom. The summed E-state index contributed by atoms with van der Waals surface area (Å²) in [5.41, 5.74) is 2.97. The Hall–Kier alpha value is -3.75. The van der Waals surface area contributed by atoms with Gasteiger partial charge in [-0.2, -0.15) is 0 Å². The standard InChI is InChI=1S/C23H25FN4O4/c1-27(2)22(30)17(13-21(29)32-24)12-15-8-10-16(11-9-15)23(31)28(3)14-20-25-18-6-4-5-7-19(18)26-20/h4-11,17H,12-14H2,1-3H3,(H,25,26). The molecule has 0 saturated heterocycles. The molecule has 0 radical (unpaired) electrons. The summed E-state index contributed by atoms with van der Waals surface area (Å²) in [4.78, 5) is 50.3. The van der Waals surface area contributed by atoms with Crippen molar-refractivity contribution in [3.05, 3.63) is 65.5 Å². The van der Waals surface area contributed by atoms with Gasteiger partial charge < -0.3 is 14.8 Å². The van der Waals surface area contributed by atoms with E-state index < -0.39 is 11.9 Å². The predicted octanol–water partition coefficient (Wildman–Crippen LogP) is 2.90. The summed E-state index contributed by atoms with van der Waals surface area (Å²) in [6.07, 6.45) is -0.149. The number of rotatable bonds is 8. The number of H-pyrrole nitrogens is 1. The molecule has 0 bridgehead atoms. The number of aromatic nitrogens is 2. The first-order valence-electron chi connectivity index (χ1n) is 10.1.